The van der Waals surface area contributed by atoms with Crippen LogP contribution in [0.1, 0.15) is 64.0 Å². The van der Waals surface area contributed by atoms with Crippen molar-refractivity contribution in [3.63, 3.8) is 0 Å². The lowest BCUT2D eigenvalue weighted by Gasteiger charge is -2.39. The Hall–Kier alpha value is -2.41. The summed E-state index contributed by atoms with van der Waals surface area (Å²) in [6.07, 6.45) is 2.70. The molecule has 4 rings (SSSR count). The Kier molecular flexibility index (Phi) is 4.89. The second kappa shape index (κ2) is 7.13. The summed E-state index contributed by atoms with van der Waals surface area (Å²) < 4.78 is 3.30. The van der Waals surface area contributed by atoms with Gasteiger partial charge in [0.1, 0.15) is 6.04 Å². The van der Waals surface area contributed by atoms with Crippen LogP contribution in [0.15, 0.2) is 23.0 Å². The number of hydrogen-bond donors (Lipinski definition) is 1. The van der Waals surface area contributed by atoms with E-state index in [2.05, 4.69) is 11.4 Å². The van der Waals surface area contributed by atoms with Crippen molar-refractivity contribution >= 4 is 22.8 Å². The highest BCUT2D eigenvalue weighted by atomic mass is 16.2. The molecule has 2 aliphatic rings. The van der Waals surface area contributed by atoms with Crippen LogP contribution in [0.3, 0.4) is 0 Å². The van der Waals surface area contributed by atoms with Crippen molar-refractivity contribution in [3.8, 4) is 0 Å². The number of imidazole rings is 1. The topological polar surface area (TPSA) is 76.3 Å². The van der Waals surface area contributed by atoms with Crippen LogP contribution in [0.5, 0.6) is 0 Å². The van der Waals surface area contributed by atoms with Crippen LogP contribution in [0.2, 0.25) is 0 Å². The first-order valence-corrected chi connectivity index (χ1v) is 10.5. The van der Waals surface area contributed by atoms with Crippen LogP contribution < -0.4 is 11.0 Å². The van der Waals surface area contributed by atoms with Crippen LogP contribution >= 0.6 is 0 Å². The first-order valence-electron chi connectivity index (χ1n) is 10.5. The summed E-state index contributed by atoms with van der Waals surface area (Å²) in [5.74, 6) is -0.0471. The van der Waals surface area contributed by atoms with Crippen LogP contribution in [0.4, 0.5) is 0 Å². The van der Waals surface area contributed by atoms with Gasteiger partial charge in [0, 0.05) is 19.0 Å². The number of carbonyl (C=O) groups excluding carboxylic acids is 2. The van der Waals surface area contributed by atoms with Crippen LogP contribution in [0, 0.1) is 0 Å². The molecule has 0 radical (unpaired) electrons. The highest BCUT2D eigenvalue weighted by Crippen LogP contribution is 2.34. The normalized spacial score (nSPS) is 21.9. The number of para-hydroxylation sites is 1. The zero-order chi connectivity index (χ0) is 20.9. The van der Waals surface area contributed by atoms with E-state index in [-0.39, 0.29) is 23.9 Å². The van der Waals surface area contributed by atoms with E-state index in [4.69, 9.17) is 0 Å². The minimum atomic E-state index is -0.647. The average molecular weight is 399 g/mol. The number of imide groups is 1. The molecule has 1 atom stereocenters. The van der Waals surface area contributed by atoms with E-state index in [9.17, 15) is 14.4 Å². The van der Waals surface area contributed by atoms with E-state index >= 15 is 0 Å². The molecule has 7 nitrogen and oxygen atoms in total. The Morgan fingerprint density at radius 3 is 2.38 bits per heavy atom. The van der Waals surface area contributed by atoms with Crippen molar-refractivity contribution in [1.82, 2.24) is 19.4 Å². The fourth-order valence-corrected chi connectivity index (χ4v) is 4.94. The molecule has 0 saturated carbocycles. The lowest BCUT2D eigenvalue weighted by atomic mass is 9.89. The minimum absolute atomic E-state index is 0.164. The molecule has 3 heterocycles. The highest BCUT2D eigenvalue weighted by molar-refractivity contribution is 6.01. The largest absolute Gasteiger partial charge is 0.329 e. The van der Waals surface area contributed by atoms with Gasteiger partial charge in [0.15, 0.2) is 0 Å². The third-order valence-electron chi connectivity index (χ3n) is 6.28. The van der Waals surface area contributed by atoms with Crippen molar-refractivity contribution < 1.29 is 9.59 Å². The Morgan fingerprint density at radius 1 is 1.03 bits per heavy atom. The van der Waals surface area contributed by atoms with Gasteiger partial charge in [-0.1, -0.05) is 12.1 Å². The molecule has 1 aromatic heterocycles. The van der Waals surface area contributed by atoms with Crippen molar-refractivity contribution in [1.29, 1.82) is 0 Å². The van der Waals surface area contributed by atoms with E-state index < -0.39 is 11.6 Å². The lowest BCUT2D eigenvalue weighted by Crippen LogP contribution is -2.55. The molecule has 0 aliphatic carbocycles. The highest BCUT2D eigenvalue weighted by Gasteiger charge is 2.42. The van der Waals surface area contributed by atoms with Crippen molar-refractivity contribution in [2.24, 2.45) is 7.05 Å². The number of likely N-dealkylation sites (tertiary alicyclic amines) is 1. The van der Waals surface area contributed by atoms with Crippen LogP contribution in [-0.2, 0) is 16.6 Å². The third-order valence-corrected chi connectivity index (χ3v) is 6.28. The molecule has 156 valence electrons. The van der Waals surface area contributed by atoms with E-state index in [1.807, 2.05) is 32.9 Å². The molecule has 2 aliphatic heterocycles. The summed E-state index contributed by atoms with van der Waals surface area (Å²) in [6.45, 7) is 7.50. The second-order valence-corrected chi connectivity index (χ2v) is 9.24. The molecule has 2 amide bonds. The maximum absolute atomic E-state index is 13.3. The van der Waals surface area contributed by atoms with Gasteiger partial charge in [-0.15, -0.1) is 0 Å². The molecular weight excluding hydrogens is 368 g/mol. The SMILES string of the molecule is Cn1c(=O)n(C2CCC(=O)N(C(C)(C)C)C2=O)c2cccc(C3CCNCC3)c21. The summed E-state index contributed by atoms with van der Waals surface area (Å²) in [4.78, 5) is 40.4. The molecule has 0 spiro atoms. The number of nitrogens with one attached hydrogen (secondary N) is 1. The van der Waals surface area contributed by atoms with Gasteiger partial charge in [0.05, 0.1) is 11.0 Å². The predicted octanol–water partition coefficient (Wildman–Crippen LogP) is 2.30. The Bertz CT molecular complexity index is 1020. The summed E-state index contributed by atoms with van der Waals surface area (Å²) in [5, 5.41) is 3.39. The van der Waals surface area contributed by atoms with Gasteiger partial charge in [-0.2, -0.15) is 0 Å². The van der Waals surface area contributed by atoms with Gasteiger partial charge < -0.3 is 5.32 Å². The summed E-state index contributed by atoms with van der Waals surface area (Å²) in [5.41, 5.74) is 2.07. The third kappa shape index (κ3) is 3.21. The van der Waals surface area contributed by atoms with Gasteiger partial charge in [-0.05, 0) is 70.7 Å². The van der Waals surface area contributed by atoms with Gasteiger partial charge in [-0.3, -0.25) is 23.6 Å². The van der Waals surface area contributed by atoms with Crippen LogP contribution in [0.25, 0.3) is 11.0 Å². The van der Waals surface area contributed by atoms with Crippen molar-refractivity contribution in [2.75, 3.05) is 13.1 Å². The van der Waals surface area contributed by atoms with E-state index in [1.165, 1.54) is 10.5 Å². The number of benzene rings is 1. The molecule has 1 unspecified atom stereocenters. The standard InChI is InChI=1S/C22H30N4O3/c1-22(2,3)26-18(27)9-8-17(20(26)28)25-16-7-5-6-15(14-10-12-23-13-11-14)19(16)24(4)21(25)29/h5-7,14,17,23H,8-13H2,1-4H3. The molecule has 1 N–H and O–H groups in total. The number of nitrogens with zero attached hydrogens (tertiary/aromatic N) is 3. The molecule has 2 fully saturated rings. The first-order chi connectivity index (χ1) is 13.7. The summed E-state index contributed by atoms with van der Waals surface area (Å²) in [7, 11) is 1.78. The molecule has 1 aromatic carbocycles. The van der Waals surface area contributed by atoms with Crippen molar-refractivity contribution in [3.05, 3.63) is 34.2 Å². The zero-order valence-electron chi connectivity index (χ0n) is 17.7. The molecule has 7 heteroatoms. The number of fused-ring (bicyclic) bond motifs is 1. The molecular formula is C22H30N4O3. The Morgan fingerprint density at radius 2 is 1.72 bits per heavy atom. The van der Waals surface area contributed by atoms with Gasteiger partial charge in [0.2, 0.25) is 5.91 Å². The fraction of sp³-hybridized carbons (Fsp3) is 0.591. The number of piperidine rings is 2. The smallest absolute Gasteiger partial charge is 0.317 e. The molecule has 2 saturated heterocycles. The van der Waals surface area contributed by atoms with Gasteiger partial charge in [-0.25, -0.2) is 4.79 Å². The fourth-order valence-electron chi connectivity index (χ4n) is 4.94. The Balaban J connectivity index is 1.85. The first kappa shape index (κ1) is 19.9. The monoisotopic (exact) mass is 398 g/mol. The maximum Gasteiger partial charge on any atom is 0.329 e. The number of rotatable bonds is 2. The number of aromatic nitrogens is 2. The average Bonchev–Trinajstić information content (AvgIpc) is 2.93. The zero-order valence-corrected chi connectivity index (χ0v) is 17.7. The van der Waals surface area contributed by atoms with E-state index in [1.54, 1.807) is 16.2 Å². The maximum atomic E-state index is 13.3. The molecule has 2 aromatic rings. The van der Waals surface area contributed by atoms with Gasteiger partial charge in [0.25, 0.3) is 5.91 Å². The van der Waals surface area contributed by atoms with Gasteiger partial charge >= 0.3 is 5.69 Å². The number of hydrogen-bond acceptors (Lipinski definition) is 4. The quantitative estimate of drug-likeness (QED) is 0.788. The summed E-state index contributed by atoms with van der Waals surface area (Å²) >= 11 is 0. The lowest BCUT2D eigenvalue weighted by molar-refractivity contribution is -0.156. The number of carbonyl (C=O) groups is 2. The van der Waals surface area contributed by atoms with Crippen LogP contribution in [-0.4, -0.2) is 44.5 Å². The summed E-state index contributed by atoms with van der Waals surface area (Å²) in [6, 6.07) is 5.36. The number of amides is 2. The minimum Gasteiger partial charge on any atom is -0.317 e. The Labute approximate surface area is 170 Å². The molecule has 29 heavy (non-hydrogen) atoms. The molecule has 0 bridgehead atoms. The van der Waals surface area contributed by atoms with E-state index in [0.29, 0.717) is 12.3 Å². The second-order valence-electron chi connectivity index (χ2n) is 9.24. The van der Waals surface area contributed by atoms with Crippen molar-refractivity contribution in [2.45, 2.75) is 64.0 Å². The predicted molar refractivity (Wildman–Crippen MR) is 112 cm³/mol. The van der Waals surface area contributed by atoms with E-state index in [0.717, 1.165) is 37.0 Å². The number of aryl methyl sites for hydroxylation is 1.